The molecule has 4 rings (SSSR count). The average molecular weight is 408 g/mol. The summed E-state index contributed by atoms with van der Waals surface area (Å²) >= 11 is 0. The van der Waals surface area contributed by atoms with Crippen LogP contribution >= 0.6 is 0 Å². The molecule has 0 saturated carbocycles. The van der Waals surface area contributed by atoms with Crippen LogP contribution in [-0.2, 0) is 32.0 Å². The summed E-state index contributed by atoms with van der Waals surface area (Å²) in [7, 11) is 0. The van der Waals surface area contributed by atoms with E-state index in [-0.39, 0.29) is 12.5 Å². The molecule has 1 saturated heterocycles. The summed E-state index contributed by atoms with van der Waals surface area (Å²) in [4.78, 5) is 37.4. The molecule has 2 aliphatic rings. The van der Waals surface area contributed by atoms with Gasteiger partial charge in [0.2, 0.25) is 5.91 Å². The summed E-state index contributed by atoms with van der Waals surface area (Å²) in [5.74, 6) is -0.297. The first kappa shape index (κ1) is 19.9. The highest BCUT2D eigenvalue weighted by Crippen LogP contribution is 2.26. The SMILES string of the molecule is O=C(COC(=O)COc1ccc2c(c1)CCC2)Nc1ccc(N2CCCC2=O)cc1. The molecule has 0 unspecified atom stereocenters. The van der Waals surface area contributed by atoms with Crippen LogP contribution in [0, 0.1) is 0 Å². The Kier molecular flexibility index (Phi) is 5.97. The monoisotopic (exact) mass is 408 g/mol. The van der Waals surface area contributed by atoms with E-state index in [4.69, 9.17) is 9.47 Å². The van der Waals surface area contributed by atoms with Crippen molar-refractivity contribution < 1.29 is 23.9 Å². The number of ether oxygens (including phenoxy) is 2. The van der Waals surface area contributed by atoms with Crippen molar-refractivity contribution in [2.45, 2.75) is 32.1 Å². The number of nitrogens with zero attached hydrogens (tertiary/aromatic N) is 1. The number of carbonyl (C=O) groups excluding carboxylic acids is 3. The zero-order valence-electron chi connectivity index (χ0n) is 16.7. The number of rotatable bonds is 7. The standard InChI is InChI=1S/C23H24N2O5/c26-21(24-18-7-9-19(10-8-18)25-12-2-5-22(25)27)14-30-23(28)15-29-20-11-6-16-3-1-4-17(16)13-20/h6-11,13H,1-5,12,14-15H2,(H,24,26). The van der Waals surface area contributed by atoms with Crippen LogP contribution < -0.4 is 15.0 Å². The molecule has 1 heterocycles. The highest BCUT2D eigenvalue weighted by molar-refractivity contribution is 5.96. The number of aryl methyl sites for hydroxylation is 2. The van der Waals surface area contributed by atoms with Crippen molar-refractivity contribution in [2.24, 2.45) is 0 Å². The second-order valence-corrected chi connectivity index (χ2v) is 7.48. The fourth-order valence-electron chi connectivity index (χ4n) is 3.81. The Bertz CT molecular complexity index is 955. The Morgan fingerprint density at radius 1 is 0.933 bits per heavy atom. The first-order valence-corrected chi connectivity index (χ1v) is 10.2. The lowest BCUT2D eigenvalue weighted by Crippen LogP contribution is -2.24. The van der Waals surface area contributed by atoms with E-state index in [9.17, 15) is 14.4 Å². The minimum atomic E-state index is -0.603. The van der Waals surface area contributed by atoms with E-state index in [0.29, 0.717) is 24.4 Å². The summed E-state index contributed by atoms with van der Waals surface area (Å²) in [6, 6.07) is 12.9. The number of carbonyl (C=O) groups is 3. The van der Waals surface area contributed by atoms with E-state index in [1.54, 1.807) is 29.2 Å². The minimum Gasteiger partial charge on any atom is -0.482 e. The highest BCUT2D eigenvalue weighted by Gasteiger charge is 2.21. The van der Waals surface area contributed by atoms with Gasteiger partial charge in [-0.05, 0) is 73.2 Å². The average Bonchev–Trinajstić information content (AvgIpc) is 3.39. The van der Waals surface area contributed by atoms with Crippen molar-refractivity contribution in [3.05, 3.63) is 53.6 Å². The lowest BCUT2D eigenvalue weighted by molar-refractivity contribution is -0.149. The molecule has 30 heavy (non-hydrogen) atoms. The number of anilines is 2. The molecule has 156 valence electrons. The quantitative estimate of drug-likeness (QED) is 0.712. The van der Waals surface area contributed by atoms with Crippen LogP contribution in [0.3, 0.4) is 0 Å². The van der Waals surface area contributed by atoms with E-state index in [1.807, 2.05) is 18.2 Å². The van der Waals surface area contributed by atoms with Gasteiger partial charge in [-0.2, -0.15) is 0 Å². The third-order valence-electron chi connectivity index (χ3n) is 5.33. The Morgan fingerprint density at radius 3 is 2.50 bits per heavy atom. The maximum Gasteiger partial charge on any atom is 0.344 e. The second-order valence-electron chi connectivity index (χ2n) is 7.48. The number of nitrogens with one attached hydrogen (secondary N) is 1. The first-order valence-electron chi connectivity index (χ1n) is 10.2. The van der Waals surface area contributed by atoms with Crippen LogP contribution in [0.5, 0.6) is 5.75 Å². The Morgan fingerprint density at radius 2 is 1.73 bits per heavy atom. The van der Waals surface area contributed by atoms with Crippen molar-refractivity contribution in [2.75, 3.05) is 30.0 Å². The number of esters is 1. The lowest BCUT2D eigenvalue weighted by Gasteiger charge is -2.16. The molecule has 0 radical (unpaired) electrons. The predicted molar refractivity (Wildman–Crippen MR) is 112 cm³/mol. The highest BCUT2D eigenvalue weighted by atomic mass is 16.6. The summed E-state index contributed by atoms with van der Waals surface area (Å²) in [5.41, 5.74) is 3.98. The smallest absolute Gasteiger partial charge is 0.344 e. The van der Waals surface area contributed by atoms with Gasteiger partial charge in [0.15, 0.2) is 13.2 Å². The normalized spacial score (nSPS) is 15.1. The van der Waals surface area contributed by atoms with Crippen LogP contribution in [0.2, 0.25) is 0 Å². The van der Waals surface area contributed by atoms with Gasteiger partial charge in [0, 0.05) is 24.3 Å². The van der Waals surface area contributed by atoms with Crippen molar-refractivity contribution in [3.8, 4) is 5.75 Å². The molecule has 2 aromatic rings. The number of amides is 2. The number of hydrogen-bond acceptors (Lipinski definition) is 5. The molecule has 1 fully saturated rings. The minimum absolute atomic E-state index is 0.112. The van der Waals surface area contributed by atoms with E-state index in [1.165, 1.54) is 11.1 Å². The van der Waals surface area contributed by atoms with E-state index in [0.717, 1.165) is 31.4 Å². The van der Waals surface area contributed by atoms with Crippen molar-refractivity contribution in [1.29, 1.82) is 0 Å². The molecular formula is C23H24N2O5. The topological polar surface area (TPSA) is 84.9 Å². The predicted octanol–water partition coefficient (Wildman–Crippen LogP) is 2.86. The largest absolute Gasteiger partial charge is 0.482 e. The molecule has 1 aliphatic carbocycles. The van der Waals surface area contributed by atoms with Gasteiger partial charge in [0.1, 0.15) is 5.75 Å². The molecule has 0 atom stereocenters. The van der Waals surface area contributed by atoms with Gasteiger partial charge >= 0.3 is 5.97 Å². The molecule has 1 N–H and O–H groups in total. The summed E-state index contributed by atoms with van der Waals surface area (Å²) in [6.45, 7) is 0.0807. The molecule has 7 nitrogen and oxygen atoms in total. The maximum absolute atomic E-state index is 12.0. The molecule has 0 bridgehead atoms. The molecule has 1 aliphatic heterocycles. The molecule has 0 spiro atoms. The Hall–Kier alpha value is -3.35. The van der Waals surface area contributed by atoms with E-state index >= 15 is 0 Å². The number of fused-ring (bicyclic) bond motifs is 1. The third-order valence-corrected chi connectivity index (χ3v) is 5.33. The van der Waals surface area contributed by atoms with Crippen molar-refractivity contribution in [3.63, 3.8) is 0 Å². The first-order chi connectivity index (χ1) is 14.6. The van der Waals surface area contributed by atoms with Gasteiger partial charge in [-0.1, -0.05) is 6.07 Å². The summed E-state index contributed by atoms with van der Waals surface area (Å²) in [6.07, 6.45) is 4.70. The van der Waals surface area contributed by atoms with Crippen LogP contribution in [-0.4, -0.2) is 37.5 Å². The fraction of sp³-hybridized carbons (Fsp3) is 0.348. The van der Waals surface area contributed by atoms with Crippen LogP contribution in [0.15, 0.2) is 42.5 Å². The molecular weight excluding hydrogens is 384 g/mol. The zero-order valence-corrected chi connectivity index (χ0v) is 16.7. The third kappa shape index (κ3) is 4.79. The summed E-state index contributed by atoms with van der Waals surface area (Å²) in [5, 5.41) is 2.67. The molecule has 2 aromatic carbocycles. The maximum atomic E-state index is 12.0. The number of benzene rings is 2. The van der Waals surface area contributed by atoms with Crippen molar-refractivity contribution in [1.82, 2.24) is 0 Å². The van der Waals surface area contributed by atoms with E-state index in [2.05, 4.69) is 5.32 Å². The fourth-order valence-corrected chi connectivity index (χ4v) is 3.81. The molecule has 0 aromatic heterocycles. The Balaban J connectivity index is 1.19. The van der Waals surface area contributed by atoms with Gasteiger partial charge in [-0.3, -0.25) is 9.59 Å². The van der Waals surface area contributed by atoms with Crippen molar-refractivity contribution >= 4 is 29.2 Å². The molecule has 7 heteroatoms. The van der Waals surface area contributed by atoms with Gasteiger partial charge in [-0.25, -0.2) is 4.79 Å². The number of hydrogen-bond donors (Lipinski definition) is 1. The van der Waals surface area contributed by atoms with Gasteiger partial charge in [0.05, 0.1) is 0 Å². The van der Waals surface area contributed by atoms with E-state index < -0.39 is 18.5 Å². The second kappa shape index (κ2) is 8.98. The van der Waals surface area contributed by atoms with Gasteiger partial charge < -0.3 is 19.7 Å². The van der Waals surface area contributed by atoms with Crippen LogP contribution in [0.25, 0.3) is 0 Å². The van der Waals surface area contributed by atoms with Gasteiger partial charge in [-0.15, -0.1) is 0 Å². The van der Waals surface area contributed by atoms with Crippen LogP contribution in [0.1, 0.15) is 30.4 Å². The molecule has 2 amide bonds. The summed E-state index contributed by atoms with van der Waals surface area (Å²) < 4.78 is 10.5. The lowest BCUT2D eigenvalue weighted by atomic mass is 10.1. The van der Waals surface area contributed by atoms with Gasteiger partial charge in [0.25, 0.3) is 5.91 Å². The van der Waals surface area contributed by atoms with Crippen LogP contribution in [0.4, 0.5) is 11.4 Å². The Labute approximate surface area is 175 Å². The zero-order chi connectivity index (χ0) is 20.9.